The van der Waals surface area contributed by atoms with Crippen LogP contribution >= 0.6 is 45.9 Å². The van der Waals surface area contributed by atoms with Gasteiger partial charge in [0.25, 0.3) is 0 Å². The van der Waals surface area contributed by atoms with E-state index in [4.69, 9.17) is 27.9 Å². The van der Waals surface area contributed by atoms with Crippen molar-refractivity contribution in [2.45, 2.75) is 6.92 Å². The SMILES string of the molecule is CCOc1cc(Nc2c(C#N)cnc3cc(-c4csc(C=O)c4)sc23)c(Cl)cc1Cl. The number of pyridine rings is 1. The normalized spacial score (nSPS) is 10.7. The number of ether oxygens (including phenoxy) is 1. The van der Waals surface area contributed by atoms with Gasteiger partial charge in [-0.3, -0.25) is 9.78 Å². The molecule has 4 aromatic rings. The molecule has 5 nitrogen and oxygen atoms in total. The van der Waals surface area contributed by atoms with Crippen LogP contribution in [0.5, 0.6) is 5.75 Å². The van der Waals surface area contributed by atoms with Crippen LogP contribution in [-0.2, 0) is 0 Å². The predicted octanol–water partition coefficient (Wildman–Crippen LogP) is 7.16. The first-order valence-electron chi connectivity index (χ1n) is 8.79. The fourth-order valence-electron chi connectivity index (χ4n) is 2.90. The van der Waals surface area contributed by atoms with Crippen LogP contribution in [0.1, 0.15) is 22.2 Å². The second kappa shape index (κ2) is 8.62. The van der Waals surface area contributed by atoms with Crippen LogP contribution in [0.25, 0.3) is 20.7 Å². The maximum Gasteiger partial charge on any atom is 0.160 e. The lowest BCUT2D eigenvalue weighted by molar-refractivity contribution is 0.112. The Kier molecular flexibility index (Phi) is 5.93. The van der Waals surface area contributed by atoms with Gasteiger partial charge in [-0.15, -0.1) is 22.7 Å². The van der Waals surface area contributed by atoms with E-state index in [-0.39, 0.29) is 0 Å². The van der Waals surface area contributed by atoms with Gasteiger partial charge in [0.2, 0.25) is 0 Å². The highest BCUT2D eigenvalue weighted by Gasteiger charge is 2.17. The molecule has 150 valence electrons. The van der Waals surface area contributed by atoms with Gasteiger partial charge in [-0.25, -0.2) is 0 Å². The molecule has 0 spiro atoms. The Bertz CT molecular complexity index is 1310. The average Bonchev–Trinajstić information content (AvgIpc) is 3.38. The lowest BCUT2D eigenvalue weighted by Crippen LogP contribution is -1.98. The molecule has 4 rings (SSSR count). The van der Waals surface area contributed by atoms with Crippen molar-refractivity contribution in [1.29, 1.82) is 5.26 Å². The number of carbonyl (C=O) groups is 1. The fourth-order valence-corrected chi connectivity index (χ4v) is 5.27. The van der Waals surface area contributed by atoms with E-state index in [2.05, 4.69) is 16.4 Å². The Morgan fingerprint density at radius 3 is 2.80 bits per heavy atom. The number of carbonyl (C=O) groups excluding carboxylic acids is 1. The van der Waals surface area contributed by atoms with Gasteiger partial charge in [0.1, 0.15) is 11.8 Å². The molecule has 0 atom stereocenters. The Morgan fingerprint density at radius 2 is 2.10 bits per heavy atom. The zero-order valence-corrected chi connectivity index (χ0v) is 18.7. The standard InChI is InChI=1S/C21H13Cl2N3O2S2/c1-2-28-18-5-16(14(22)4-15(18)23)26-20-12(7-24)8-25-17-6-19(30-21(17)20)11-3-13(9-27)29-10-11/h3-6,8-10H,2H2,1H3,(H,25,26). The molecule has 0 unspecified atom stereocenters. The van der Waals surface area contributed by atoms with E-state index in [1.807, 2.05) is 24.4 Å². The van der Waals surface area contributed by atoms with Gasteiger partial charge in [-0.2, -0.15) is 5.26 Å². The summed E-state index contributed by atoms with van der Waals surface area (Å²) >= 11 is 15.5. The van der Waals surface area contributed by atoms with E-state index in [0.29, 0.717) is 44.2 Å². The van der Waals surface area contributed by atoms with Crippen LogP contribution in [0.4, 0.5) is 11.4 Å². The van der Waals surface area contributed by atoms with Gasteiger partial charge in [-0.1, -0.05) is 23.2 Å². The van der Waals surface area contributed by atoms with Gasteiger partial charge in [0, 0.05) is 28.1 Å². The first kappa shape index (κ1) is 20.6. The Labute approximate surface area is 190 Å². The summed E-state index contributed by atoms with van der Waals surface area (Å²) < 4.78 is 6.37. The number of nitriles is 1. The zero-order chi connectivity index (χ0) is 21.3. The summed E-state index contributed by atoms with van der Waals surface area (Å²) in [4.78, 5) is 17.0. The summed E-state index contributed by atoms with van der Waals surface area (Å²) in [5.74, 6) is 0.501. The molecule has 0 aliphatic carbocycles. The number of hydrogen-bond acceptors (Lipinski definition) is 7. The van der Waals surface area contributed by atoms with Gasteiger partial charge in [0.05, 0.1) is 48.7 Å². The number of aldehydes is 1. The fraction of sp³-hybridized carbons (Fsp3) is 0.0952. The number of anilines is 2. The van der Waals surface area contributed by atoms with Crippen molar-refractivity contribution in [3.05, 3.63) is 56.3 Å². The summed E-state index contributed by atoms with van der Waals surface area (Å²) in [6.07, 6.45) is 2.36. The Hall–Kier alpha value is -2.63. The van der Waals surface area contributed by atoms with E-state index < -0.39 is 0 Å². The third-order valence-corrected chi connectivity index (χ3v) is 6.92. The molecule has 30 heavy (non-hydrogen) atoms. The van der Waals surface area contributed by atoms with Crippen molar-refractivity contribution >= 4 is 73.8 Å². The number of nitrogens with zero attached hydrogens (tertiary/aromatic N) is 2. The van der Waals surface area contributed by atoms with E-state index in [0.717, 1.165) is 26.9 Å². The van der Waals surface area contributed by atoms with E-state index >= 15 is 0 Å². The molecule has 0 saturated carbocycles. The molecule has 0 aliphatic rings. The number of nitrogens with one attached hydrogen (secondary N) is 1. The topological polar surface area (TPSA) is 75.0 Å². The van der Waals surface area contributed by atoms with Crippen LogP contribution in [-0.4, -0.2) is 17.9 Å². The molecule has 1 aromatic carbocycles. The molecular formula is C21H13Cl2N3O2S2. The first-order valence-corrected chi connectivity index (χ1v) is 11.2. The van der Waals surface area contributed by atoms with Crippen molar-refractivity contribution in [2.24, 2.45) is 0 Å². The Balaban J connectivity index is 1.83. The maximum absolute atomic E-state index is 11.0. The van der Waals surface area contributed by atoms with Crippen molar-refractivity contribution in [2.75, 3.05) is 11.9 Å². The molecule has 3 heterocycles. The molecule has 0 amide bonds. The Morgan fingerprint density at radius 1 is 1.27 bits per heavy atom. The molecular weight excluding hydrogens is 461 g/mol. The molecule has 0 fully saturated rings. The zero-order valence-electron chi connectivity index (χ0n) is 15.5. The molecule has 0 radical (unpaired) electrons. The van der Waals surface area contributed by atoms with E-state index in [1.54, 1.807) is 12.1 Å². The van der Waals surface area contributed by atoms with Crippen molar-refractivity contribution in [3.8, 4) is 22.3 Å². The maximum atomic E-state index is 11.0. The number of hydrogen-bond donors (Lipinski definition) is 1. The molecule has 3 aromatic heterocycles. The van der Waals surface area contributed by atoms with Crippen molar-refractivity contribution in [1.82, 2.24) is 4.98 Å². The van der Waals surface area contributed by atoms with Gasteiger partial charge in [-0.05, 0) is 25.1 Å². The summed E-state index contributed by atoms with van der Waals surface area (Å²) in [6, 6.07) is 9.28. The van der Waals surface area contributed by atoms with Gasteiger partial charge in [0.15, 0.2) is 6.29 Å². The minimum atomic E-state index is 0.388. The molecule has 0 bridgehead atoms. The van der Waals surface area contributed by atoms with Crippen molar-refractivity contribution < 1.29 is 9.53 Å². The lowest BCUT2D eigenvalue weighted by atomic mass is 10.2. The smallest absolute Gasteiger partial charge is 0.160 e. The third-order valence-electron chi connectivity index (χ3n) is 4.26. The average molecular weight is 474 g/mol. The molecule has 1 N–H and O–H groups in total. The second-order valence-electron chi connectivity index (χ2n) is 6.16. The van der Waals surface area contributed by atoms with Crippen LogP contribution in [0.15, 0.2) is 35.8 Å². The monoisotopic (exact) mass is 473 g/mol. The van der Waals surface area contributed by atoms with Crippen LogP contribution < -0.4 is 10.1 Å². The number of aromatic nitrogens is 1. The van der Waals surface area contributed by atoms with Crippen LogP contribution in [0.2, 0.25) is 10.0 Å². The number of thiophene rings is 2. The molecule has 0 aliphatic heterocycles. The molecule has 9 heteroatoms. The summed E-state index contributed by atoms with van der Waals surface area (Å²) in [5.41, 5.74) is 3.25. The highest BCUT2D eigenvalue weighted by Crippen LogP contribution is 2.42. The summed E-state index contributed by atoms with van der Waals surface area (Å²) in [7, 11) is 0. The quantitative estimate of drug-likeness (QED) is 0.300. The number of fused-ring (bicyclic) bond motifs is 1. The lowest BCUT2D eigenvalue weighted by Gasteiger charge is -2.14. The summed E-state index contributed by atoms with van der Waals surface area (Å²) in [5, 5.41) is 15.6. The van der Waals surface area contributed by atoms with Crippen LogP contribution in [0.3, 0.4) is 0 Å². The first-order chi connectivity index (χ1) is 14.5. The summed E-state index contributed by atoms with van der Waals surface area (Å²) in [6.45, 7) is 2.33. The highest BCUT2D eigenvalue weighted by atomic mass is 35.5. The molecule has 0 saturated heterocycles. The van der Waals surface area contributed by atoms with E-state index in [9.17, 15) is 10.1 Å². The van der Waals surface area contributed by atoms with Crippen molar-refractivity contribution in [3.63, 3.8) is 0 Å². The van der Waals surface area contributed by atoms with E-state index in [1.165, 1.54) is 28.9 Å². The number of rotatable bonds is 6. The number of benzene rings is 1. The van der Waals surface area contributed by atoms with Gasteiger partial charge >= 0.3 is 0 Å². The third kappa shape index (κ3) is 3.87. The predicted molar refractivity (Wildman–Crippen MR) is 124 cm³/mol. The minimum Gasteiger partial charge on any atom is -0.492 e. The minimum absolute atomic E-state index is 0.388. The van der Waals surface area contributed by atoms with Gasteiger partial charge < -0.3 is 10.1 Å². The van der Waals surface area contributed by atoms with Crippen LogP contribution in [0, 0.1) is 11.3 Å². The second-order valence-corrected chi connectivity index (χ2v) is 8.97. The largest absolute Gasteiger partial charge is 0.492 e. The highest BCUT2D eigenvalue weighted by molar-refractivity contribution is 7.23. The number of halogens is 2.